The van der Waals surface area contributed by atoms with Crippen LogP contribution >= 0.6 is 0 Å². The Hall–Kier alpha value is -3.75. The average molecular weight is 491 g/mol. The first-order valence-corrected chi connectivity index (χ1v) is 12.5. The van der Waals surface area contributed by atoms with Crippen LogP contribution in [0.2, 0.25) is 0 Å². The number of benzene rings is 1. The normalized spacial score (nSPS) is 14.6. The number of hydrogen-bond donors (Lipinski definition) is 0. The maximum Gasteiger partial charge on any atom is 0.289 e. The van der Waals surface area contributed by atoms with E-state index < -0.39 is 0 Å². The average Bonchev–Trinajstić information content (AvgIpc) is 3.44. The molecule has 0 spiro atoms. The van der Waals surface area contributed by atoms with Gasteiger partial charge in [0.1, 0.15) is 17.5 Å². The third-order valence-corrected chi connectivity index (χ3v) is 6.56. The highest BCUT2D eigenvalue weighted by molar-refractivity contribution is 5.92. The van der Waals surface area contributed by atoms with Crippen LogP contribution in [-0.2, 0) is 6.42 Å². The van der Waals surface area contributed by atoms with Crippen molar-refractivity contribution in [3.8, 4) is 5.69 Å². The number of anilines is 1. The number of nitrogens with zero attached hydrogens (tertiary/aromatic N) is 6. The zero-order valence-corrected chi connectivity index (χ0v) is 20.9. The molecule has 1 saturated heterocycles. The molecule has 0 radical (unpaired) electrons. The van der Waals surface area contributed by atoms with Crippen molar-refractivity contribution in [2.24, 2.45) is 5.92 Å². The van der Waals surface area contributed by atoms with Gasteiger partial charge in [-0.15, -0.1) is 0 Å². The van der Waals surface area contributed by atoms with E-state index in [1.807, 2.05) is 11.8 Å². The summed E-state index contributed by atoms with van der Waals surface area (Å²) < 4.78 is 20.7. The maximum atomic E-state index is 13.6. The molecule has 1 fully saturated rings. The first-order valence-electron chi connectivity index (χ1n) is 12.5. The summed E-state index contributed by atoms with van der Waals surface area (Å²) in [6, 6.07) is 9.71. The molecule has 1 aliphatic heterocycles. The molecule has 1 amide bonds. The molecule has 3 aromatic heterocycles. The zero-order chi connectivity index (χ0) is 25.2. The van der Waals surface area contributed by atoms with Crippen LogP contribution in [0.1, 0.15) is 48.8 Å². The summed E-state index contributed by atoms with van der Waals surface area (Å²) in [7, 11) is 0. The number of carbonyl (C=O) groups excluding carboxylic acids is 1. The number of hydrogen-bond acceptors (Lipinski definition) is 6. The van der Waals surface area contributed by atoms with E-state index in [-0.39, 0.29) is 11.7 Å². The van der Waals surface area contributed by atoms with E-state index in [4.69, 9.17) is 19.5 Å². The highest BCUT2D eigenvalue weighted by Crippen LogP contribution is 2.30. The second-order valence-electron chi connectivity index (χ2n) is 9.68. The molecule has 1 aliphatic rings. The highest BCUT2D eigenvalue weighted by atomic mass is 19.1. The van der Waals surface area contributed by atoms with Crippen molar-refractivity contribution in [2.45, 2.75) is 40.0 Å². The van der Waals surface area contributed by atoms with Crippen LogP contribution in [0.25, 0.3) is 16.7 Å². The Labute approximate surface area is 209 Å². The summed E-state index contributed by atoms with van der Waals surface area (Å²) in [4.78, 5) is 26.9. The quantitative estimate of drug-likeness (QED) is 0.386. The van der Waals surface area contributed by atoms with Gasteiger partial charge in [0.05, 0.1) is 23.0 Å². The van der Waals surface area contributed by atoms with Crippen molar-refractivity contribution in [3.05, 3.63) is 65.8 Å². The minimum Gasteiger partial charge on any atom is -0.459 e. The lowest BCUT2D eigenvalue weighted by Gasteiger charge is -2.24. The largest absolute Gasteiger partial charge is 0.459 e. The lowest BCUT2D eigenvalue weighted by Crippen LogP contribution is -2.35. The third-order valence-electron chi connectivity index (χ3n) is 6.56. The van der Waals surface area contributed by atoms with Gasteiger partial charge in [-0.1, -0.05) is 13.8 Å². The summed E-state index contributed by atoms with van der Waals surface area (Å²) in [5.41, 5.74) is 2.28. The Balaban J connectivity index is 1.52. The molecule has 36 heavy (non-hydrogen) atoms. The number of rotatable bonds is 6. The first kappa shape index (κ1) is 24.0. The molecule has 0 aliphatic carbocycles. The fourth-order valence-electron chi connectivity index (χ4n) is 4.61. The van der Waals surface area contributed by atoms with E-state index in [9.17, 15) is 9.18 Å². The molecule has 4 aromatic rings. The molecule has 8 nitrogen and oxygen atoms in total. The van der Waals surface area contributed by atoms with Gasteiger partial charge in [-0.2, -0.15) is 5.10 Å². The van der Waals surface area contributed by atoms with E-state index in [2.05, 4.69) is 18.7 Å². The zero-order valence-electron chi connectivity index (χ0n) is 20.9. The predicted octanol–water partition coefficient (Wildman–Crippen LogP) is 4.80. The van der Waals surface area contributed by atoms with E-state index in [0.717, 1.165) is 59.9 Å². The van der Waals surface area contributed by atoms with E-state index in [0.29, 0.717) is 31.3 Å². The monoisotopic (exact) mass is 490 g/mol. The number of carbonyl (C=O) groups is 1. The summed E-state index contributed by atoms with van der Waals surface area (Å²) in [6.07, 6.45) is 4.06. The van der Waals surface area contributed by atoms with Gasteiger partial charge in [0.25, 0.3) is 5.91 Å². The summed E-state index contributed by atoms with van der Waals surface area (Å²) in [5, 5.41) is 5.66. The van der Waals surface area contributed by atoms with Crippen molar-refractivity contribution in [2.75, 3.05) is 31.1 Å². The molecule has 0 saturated carbocycles. The van der Waals surface area contributed by atoms with E-state index in [1.54, 1.807) is 28.9 Å². The maximum absolute atomic E-state index is 13.6. The molecule has 0 bridgehead atoms. The number of aromatic nitrogens is 4. The number of halogens is 1. The lowest BCUT2D eigenvalue weighted by atomic mass is 10.1. The Morgan fingerprint density at radius 3 is 2.61 bits per heavy atom. The SMILES string of the molecule is Cc1nn(-c2ccc(F)cc2)c2nc(CCC(C)C)nc(N3CCCN(C(=O)c4ccco4)CC3)c12. The van der Waals surface area contributed by atoms with Crippen LogP contribution in [-0.4, -0.2) is 56.7 Å². The van der Waals surface area contributed by atoms with Crippen molar-refractivity contribution >= 4 is 22.8 Å². The van der Waals surface area contributed by atoms with Gasteiger partial charge >= 0.3 is 0 Å². The van der Waals surface area contributed by atoms with Gasteiger partial charge in [-0.3, -0.25) is 4.79 Å². The summed E-state index contributed by atoms with van der Waals surface area (Å²) >= 11 is 0. The van der Waals surface area contributed by atoms with Crippen LogP contribution in [0.15, 0.2) is 47.1 Å². The van der Waals surface area contributed by atoms with Crippen LogP contribution < -0.4 is 4.90 Å². The topological polar surface area (TPSA) is 80.3 Å². The number of amides is 1. The van der Waals surface area contributed by atoms with E-state index in [1.165, 1.54) is 18.4 Å². The molecular formula is C27H31FN6O2. The summed E-state index contributed by atoms with van der Waals surface area (Å²) in [6.45, 7) is 8.95. The molecule has 4 heterocycles. The Morgan fingerprint density at radius 2 is 1.89 bits per heavy atom. The summed E-state index contributed by atoms with van der Waals surface area (Å²) in [5.74, 6) is 2.11. The minimum atomic E-state index is -0.293. The molecule has 5 rings (SSSR count). The Morgan fingerprint density at radius 1 is 1.08 bits per heavy atom. The highest BCUT2D eigenvalue weighted by Gasteiger charge is 2.26. The first-order chi connectivity index (χ1) is 17.4. The molecule has 0 unspecified atom stereocenters. The van der Waals surface area contributed by atoms with Crippen LogP contribution in [0.5, 0.6) is 0 Å². The van der Waals surface area contributed by atoms with Crippen LogP contribution in [0.4, 0.5) is 10.2 Å². The number of aryl methyl sites for hydroxylation is 2. The molecule has 1 aromatic carbocycles. The molecule has 0 atom stereocenters. The van der Waals surface area contributed by atoms with E-state index >= 15 is 0 Å². The predicted molar refractivity (Wildman–Crippen MR) is 136 cm³/mol. The molecule has 9 heteroatoms. The van der Waals surface area contributed by atoms with Gasteiger partial charge in [-0.25, -0.2) is 19.0 Å². The second-order valence-corrected chi connectivity index (χ2v) is 9.68. The van der Waals surface area contributed by atoms with Gasteiger partial charge in [0, 0.05) is 32.6 Å². The van der Waals surface area contributed by atoms with Crippen molar-refractivity contribution in [1.82, 2.24) is 24.6 Å². The van der Waals surface area contributed by atoms with Crippen molar-refractivity contribution in [3.63, 3.8) is 0 Å². The third kappa shape index (κ3) is 4.82. The van der Waals surface area contributed by atoms with Gasteiger partial charge in [0.2, 0.25) is 0 Å². The van der Waals surface area contributed by atoms with Crippen LogP contribution in [0.3, 0.4) is 0 Å². The van der Waals surface area contributed by atoms with Crippen LogP contribution in [0, 0.1) is 18.7 Å². The van der Waals surface area contributed by atoms with Crippen molar-refractivity contribution in [1.29, 1.82) is 0 Å². The smallest absolute Gasteiger partial charge is 0.289 e. The lowest BCUT2D eigenvalue weighted by molar-refractivity contribution is 0.0735. The van der Waals surface area contributed by atoms with Gasteiger partial charge < -0.3 is 14.2 Å². The minimum absolute atomic E-state index is 0.0902. The Bertz CT molecular complexity index is 1350. The fraction of sp³-hybridized carbons (Fsp3) is 0.407. The second kappa shape index (κ2) is 10.1. The molecular weight excluding hydrogens is 459 g/mol. The standard InChI is InChI=1S/C27H31FN6O2/c1-18(2)7-12-23-29-25(32-13-5-14-33(16-15-32)27(35)22-6-4-17-36-22)24-19(3)31-34(26(24)30-23)21-10-8-20(28)9-11-21/h4,6,8-11,17-18H,5,7,12-16H2,1-3H3. The molecule has 188 valence electrons. The molecule has 0 N–H and O–H groups in total. The van der Waals surface area contributed by atoms with Crippen molar-refractivity contribution < 1.29 is 13.6 Å². The fourth-order valence-corrected chi connectivity index (χ4v) is 4.61. The van der Waals surface area contributed by atoms with Gasteiger partial charge in [-0.05, 0) is 62.1 Å². The Kier molecular flexibility index (Phi) is 6.71. The van der Waals surface area contributed by atoms with Gasteiger partial charge in [0.15, 0.2) is 11.4 Å². The number of furan rings is 1. The number of fused-ring (bicyclic) bond motifs is 1.